The van der Waals surface area contributed by atoms with Crippen LogP contribution in [0.1, 0.15) is 81.0 Å². The number of nitrogens with one attached hydrogen (secondary N) is 1. The van der Waals surface area contributed by atoms with Crippen molar-refractivity contribution in [1.82, 2.24) is 15.2 Å². The van der Waals surface area contributed by atoms with E-state index in [9.17, 15) is 27.6 Å². The second-order valence-electron chi connectivity index (χ2n) is 9.78. The number of likely N-dealkylation sites (tertiary alicyclic amines) is 1. The Morgan fingerprint density at radius 3 is 2.33 bits per heavy atom. The number of hydrogen-bond donors (Lipinski definition) is 2. The molecule has 3 N–H and O–H groups in total. The van der Waals surface area contributed by atoms with Gasteiger partial charge in [0.05, 0.1) is 11.3 Å². The molecule has 33 heavy (non-hydrogen) atoms. The summed E-state index contributed by atoms with van der Waals surface area (Å²) in [6.45, 7) is 7.04. The first kappa shape index (κ1) is 24.8. The summed E-state index contributed by atoms with van der Waals surface area (Å²) in [5.74, 6) is -1.72. The lowest BCUT2D eigenvalue weighted by molar-refractivity contribution is -0.141. The van der Waals surface area contributed by atoms with Crippen molar-refractivity contribution in [2.75, 3.05) is 6.54 Å². The zero-order valence-electron chi connectivity index (χ0n) is 19.1. The lowest BCUT2D eigenvalue weighted by atomic mass is 9.82. The summed E-state index contributed by atoms with van der Waals surface area (Å²) in [5.41, 5.74) is 2.50. The second-order valence-corrected chi connectivity index (χ2v) is 9.78. The minimum atomic E-state index is -4.63. The van der Waals surface area contributed by atoms with Gasteiger partial charge in [0.15, 0.2) is 0 Å². The molecule has 3 amide bonds. The van der Waals surface area contributed by atoms with Gasteiger partial charge in [-0.1, -0.05) is 0 Å². The fourth-order valence-corrected chi connectivity index (χ4v) is 4.02. The van der Waals surface area contributed by atoms with E-state index in [0.717, 1.165) is 12.1 Å². The molecule has 1 aromatic heterocycles. The Kier molecular flexibility index (Phi) is 6.38. The number of piperidine rings is 1. The fourth-order valence-electron chi connectivity index (χ4n) is 4.02. The van der Waals surface area contributed by atoms with Crippen LogP contribution in [-0.2, 0) is 15.7 Å². The Labute approximate surface area is 190 Å². The van der Waals surface area contributed by atoms with Gasteiger partial charge in [0.25, 0.3) is 5.91 Å². The lowest BCUT2D eigenvalue weighted by Gasteiger charge is -2.44. The van der Waals surface area contributed by atoms with Crippen molar-refractivity contribution < 1.29 is 32.3 Å². The Bertz CT molecular complexity index is 956. The van der Waals surface area contributed by atoms with E-state index in [1.165, 1.54) is 4.90 Å². The van der Waals surface area contributed by atoms with Crippen molar-refractivity contribution >= 4 is 17.9 Å². The minimum Gasteiger partial charge on any atom is -0.444 e. The van der Waals surface area contributed by atoms with Crippen molar-refractivity contribution in [2.45, 2.75) is 82.7 Å². The van der Waals surface area contributed by atoms with Crippen molar-refractivity contribution in [2.24, 2.45) is 5.73 Å². The zero-order valence-corrected chi connectivity index (χ0v) is 19.1. The molecule has 1 saturated carbocycles. The highest BCUT2D eigenvalue weighted by molar-refractivity contribution is 6.00. The summed E-state index contributed by atoms with van der Waals surface area (Å²) in [7, 11) is 0. The van der Waals surface area contributed by atoms with Gasteiger partial charge in [0.2, 0.25) is 5.91 Å². The van der Waals surface area contributed by atoms with Crippen molar-refractivity contribution in [3.8, 4) is 0 Å². The number of carbonyl (C=O) groups excluding carboxylic acids is 3. The molecule has 0 bridgehead atoms. The molecule has 3 rings (SSSR count). The number of halogens is 3. The molecule has 2 fully saturated rings. The van der Waals surface area contributed by atoms with Gasteiger partial charge >= 0.3 is 12.3 Å². The quantitative estimate of drug-likeness (QED) is 0.700. The van der Waals surface area contributed by atoms with E-state index in [1.807, 2.05) is 0 Å². The fraction of sp³-hybridized carbons (Fsp3) is 0.636. The Hall–Kier alpha value is -2.85. The highest BCUT2D eigenvalue weighted by Crippen LogP contribution is 2.42. The third-order valence-corrected chi connectivity index (χ3v) is 5.83. The molecule has 1 saturated heterocycles. The molecule has 0 spiro atoms. The van der Waals surface area contributed by atoms with E-state index in [-0.39, 0.29) is 36.6 Å². The van der Waals surface area contributed by atoms with E-state index < -0.39 is 47.0 Å². The van der Waals surface area contributed by atoms with E-state index >= 15 is 0 Å². The molecule has 2 atom stereocenters. The summed E-state index contributed by atoms with van der Waals surface area (Å²) in [4.78, 5) is 43.2. The molecular weight excluding hydrogens is 441 g/mol. The smallest absolute Gasteiger partial charge is 0.433 e. The normalized spacial score (nSPS) is 23.7. The van der Waals surface area contributed by atoms with Crippen LogP contribution in [0.3, 0.4) is 0 Å². The van der Waals surface area contributed by atoms with Crippen LogP contribution in [0.15, 0.2) is 12.1 Å². The van der Waals surface area contributed by atoms with Crippen LogP contribution in [0, 0.1) is 0 Å². The standard InChI is InChI=1S/C22H29F3N4O4/c1-12-11-21(18(26)31,9-10-29(12)19(32)33-20(2,3)4)28-17(30)14-7-8-15(22(23,24)25)27-16(14)13-5-6-13/h7-8,12-13H,5-6,9-11H2,1-4H3,(H2,26,31)(H,28,30)/t12-,21+/m0/s1. The molecule has 182 valence electrons. The van der Waals surface area contributed by atoms with Crippen LogP contribution in [0.2, 0.25) is 0 Å². The lowest BCUT2D eigenvalue weighted by Crippen LogP contribution is -2.65. The number of alkyl halides is 3. The van der Waals surface area contributed by atoms with Gasteiger partial charge < -0.3 is 20.7 Å². The van der Waals surface area contributed by atoms with E-state index in [2.05, 4.69) is 10.3 Å². The number of aromatic nitrogens is 1. The second kappa shape index (κ2) is 8.49. The topological polar surface area (TPSA) is 115 Å². The van der Waals surface area contributed by atoms with Crippen LogP contribution in [0.4, 0.5) is 18.0 Å². The highest BCUT2D eigenvalue weighted by Gasteiger charge is 2.47. The van der Waals surface area contributed by atoms with Crippen LogP contribution in [0.5, 0.6) is 0 Å². The first-order chi connectivity index (χ1) is 15.1. The summed E-state index contributed by atoms with van der Waals surface area (Å²) < 4.78 is 44.7. The number of primary amides is 1. The van der Waals surface area contributed by atoms with E-state index in [1.54, 1.807) is 27.7 Å². The number of hydrogen-bond acceptors (Lipinski definition) is 5. The van der Waals surface area contributed by atoms with Crippen LogP contribution in [0.25, 0.3) is 0 Å². The molecule has 0 aromatic carbocycles. The first-order valence-corrected chi connectivity index (χ1v) is 10.8. The largest absolute Gasteiger partial charge is 0.444 e. The average Bonchev–Trinajstić information content (AvgIpc) is 3.50. The third kappa shape index (κ3) is 5.56. The van der Waals surface area contributed by atoms with Gasteiger partial charge in [-0.25, -0.2) is 9.78 Å². The molecule has 11 heteroatoms. The molecule has 8 nitrogen and oxygen atoms in total. The van der Waals surface area contributed by atoms with Gasteiger partial charge in [-0.3, -0.25) is 9.59 Å². The maximum absolute atomic E-state index is 13.1. The SMILES string of the molecule is C[C@H]1C[C@@](NC(=O)c2ccc(C(F)(F)F)nc2C2CC2)(C(N)=O)CCN1C(=O)OC(C)(C)C. The third-order valence-electron chi connectivity index (χ3n) is 5.83. The molecule has 1 aliphatic heterocycles. The number of nitrogens with two attached hydrogens (primary N) is 1. The van der Waals surface area contributed by atoms with Crippen LogP contribution >= 0.6 is 0 Å². The van der Waals surface area contributed by atoms with E-state index in [0.29, 0.717) is 12.8 Å². The van der Waals surface area contributed by atoms with Gasteiger partial charge in [0, 0.05) is 18.5 Å². The monoisotopic (exact) mass is 470 g/mol. The summed E-state index contributed by atoms with van der Waals surface area (Å²) >= 11 is 0. The van der Waals surface area contributed by atoms with Gasteiger partial charge in [-0.05, 0) is 65.5 Å². The number of amides is 3. The van der Waals surface area contributed by atoms with E-state index in [4.69, 9.17) is 10.5 Å². The molecule has 1 aromatic rings. The molecule has 0 radical (unpaired) electrons. The highest BCUT2D eigenvalue weighted by atomic mass is 19.4. The van der Waals surface area contributed by atoms with Crippen molar-refractivity contribution in [1.29, 1.82) is 0 Å². The predicted octanol–water partition coefficient (Wildman–Crippen LogP) is 3.35. The Morgan fingerprint density at radius 2 is 1.85 bits per heavy atom. The summed E-state index contributed by atoms with van der Waals surface area (Å²) in [5, 5.41) is 2.65. The van der Waals surface area contributed by atoms with Gasteiger partial charge in [-0.2, -0.15) is 13.2 Å². The number of ether oxygens (including phenoxy) is 1. The molecule has 2 heterocycles. The summed E-state index contributed by atoms with van der Waals surface area (Å²) in [6.07, 6.45) is -3.81. The van der Waals surface area contributed by atoms with Gasteiger partial charge in [-0.15, -0.1) is 0 Å². The number of pyridine rings is 1. The average molecular weight is 470 g/mol. The molecule has 1 aliphatic carbocycles. The maximum Gasteiger partial charge on any atom is 0.433 e. The molecule has 0 unspecified atom stereocenters. The predicted molar refractivity (Wildman–Crippen MR) is 112 cm³/mol. The molecular formula is C22H29F3N4O4. The first-order valence-electron chi connectivity index (χ1n) is 10.8. The van der Waals surface area contributed by atoms with Crippen molar-refractivity contribution in [3.05, 3.63) is 29.1 Å². The summed E-state index contributed by atoms with van der Waals surface area (Å²) in [6, 6.07) is 1.37. The zero-order chi connectivity index (χ0) is 24.8. The maximum atomic E-state index is 13.1. The minimum absolute atomic E-state index is 0.00616. The van der Waals surface area contributed by atoms with Gasteiger partial charge in [0.1, 0.15) is 16.8 Å². The number of nitrogens with zero attached hydrogens (tertiary/aromatic N) is 2. The Morgan fingerprint density at radius 1 is 1.21 bits per heavy atom. The van der Waals surface area contributed by atoms with Crippen LogP contribution in [-0.4, -0.2) is 51.5 Å². The van der Waals surface area contributed by atoms with Crippen molar-refractivity contribution in [3.63, 3.8) is 0 Å². The molecule has 2 aliphatic rings. The number of rotatable bonds is 4. The number of carbonyl (C=O) groups is 3. The Balaban J connectivity index is 1.82. The van der Waals surface area contributed by atoms with Crippen LogP contribution < -0.4 is 11.1 Å².